The Balaban J connectivity index is 3.09. The molecule has 1 aromatic rings. The third-order valence-corrected chi connectivity index (χ3v) is 1.24. The number of aryl methyl sites for hydroxylation is 1. The van der Waals surface area contributed by atoms with Gasteiger partial charge < -0.3 is 9.84 Å². The van der Waals surface area contributed by atoms with Crippen molar-refractivity contribution in [3.63, 3.8) is 0 Å². The standard InChI is InChI=1S/C8H9O2/c1-6-3-4-7(9)8(5-6)10-2/h3-4,9H,1-2H3. The normalized spacial score (nSPS) is 9.40. The quantitative estimate of drug-likeness (QED) is 0.635. The molecule has 0 amide bonds. The average Bonchev–Trinajstić information content (AvgIpc) is 1.94. The number of benzene rings is 1. The number of aromatic hydroxyl groups is 1. The van der Waals surface area contributed by atoms with Crippen molar-refractivity contribution in [2.24, 2.45) is 0 Å². The molecular weight excluding hydrogens is 128 g/mol. The average molecular weight is 137 g/mol. The fraction of sp³-hybridized carbons (Fsp3) is 0.250. The first-order valence-electron chi connectivity index (χ1n) is 3.00. The van der Waals surface area contributed by atoms with Crippen molar-refractivity contribution in [2.45, 2.75) is 6.92 Å². The maximum Gasteiger partial charge on any atom is 0.168 e. The van der Waals surface area contributed by atoms with E-state index in [0.29, 0.717) is 5.75 Å². The molecule has 0 aliphatic carbocycles. The van der Waals surface area contributed by atoms with E-state index in [1.807, 2.05) is 6.92 Å². The Morgan fingerprint density at radius 1 is 1.50 bits per heavy atom. The maximum absolute atomic E-state index is 9.08. The second kappa shape index (κ2) is 2.60. The molecule has 0 atom stereocenters. The van der Waals surface area contributed by atoms with Crippen LogP contribution in [0, 0.1) is 13.0 Å². The van der Waals surface area contributed by atoms with Crippen molar-refractivity contribution in [1.29, 1.82) is 0 Å². The first-order chi connectivity index (χ1) is 4.74. The van der Waals surface area contributed by atoms with Gasteiger partial charge in [-0.05, 0) is 18.6 Å². The molecule has 0 spiro atoms. The van der Waals surface area contributed by atoms with Crippen LogP contribution in [0.3, 0.4) is 0 Å². The van der Waals surface area contributed by atoms with Gasteiger partial charge in [-0.25, -0.2) is 0 Å². The molecule has 1 rings (SSSR count). The summed E-state index contributed by atoms with van der Waals surface area (Å²) in [5, 5.41) is 9.08. The third kappa shape index (κ3) is 1.21. The third-order valence-electron chi connectivity index (χ3n) is 1.24. The van der Waals surface area contributed by atoms with Gasteiger partial charge >= 0.3 is 0 Å². The maximum atomic E-state index is 9.08. The van der Waals surface area contributed by atoms with Crippen LogP contribution >= 0.6 is 0 Å². The van der Waals surface area contributed by atoms with Gasteiger partial charge in [0.25, 0.3) is 0 Å². The second-order valence-electron chi connectivity index (χ2n) is 2.06. The lowest BCUT2D eigenvalue weighted by Gasteiger charge is -2.01. The smallest absolute Gasteiger partial charge is 0.168 e. The molecular formula is C8H9O2. The van der Waals surface area contributed by atoms with Gasteiger partial charge in [0.05, 0.1) is 7.11 Å². The molecule has 0 unspecified atom stereocenters. The van der Waals surface area contributed by atoms with Gasteiger partial charge in [0, 0.05) is 6.07 Å². The Labute approximate surface area is 60.1 Å². The van der Waals surface area contributed by atoms with E-state index in [4.69, 9.17) is 9.84 Å². The summed E-state index contributed by atoms with van der Waals surface area (Å²) in [5.74, 6) is 0.535. The highest BCUT2D eigenvalue weighted by Crippen LogP contribution is 2.24. The van der Waals surface area contributed by atoms with Gasteiger partial charge in [0.1, 0.15) is 0 Å². The largest absolute Gasteiger partial charge is 0.504 e. The van der Waals surface area contributed by atoms with Gasteiger partial charge in [-0.15, -0.1) is 0 Å². The highest BCUT2D eigenvalue weighted by Gasteiger charge is 1.98. The number of hydrogen-bond donors (Lipinski definition) is 1. The number of methoxy groups -OCH3 is 1. The van der Waals surface area contributed by atoms with E-state index in [1.54, 1.807) is 12.1 Å². The molecule has 1 radical (unpaired) electrons. The van der Waals surface area contributed by atoms with Crippen molar-refractivity contribution in [3.8, 4) is 11.5 Å². The highest BCUT2D eigenvalue weighted by molar-refractivity contribution is 5.39. The SMILES string of the molecule is COc1[c]c(C)ccc1O. The summed E-state index contributed by atoms with van der Waals surface area (Å²) in [4.78, 5) is 0. The van der Waals surface area contributed by atoms with Gasteiger partial charge in [0.2, 0.25) is 0 Å². The molecule has 0 aliphatic rings. The first-order valence-corrected chi connectivity index (χ1v) is 3.00. The Hall–Kier alpha value is -1.18. The van der Waals surface area contributed by atoms with Crippen molar-refractivity contribution in [2.75, 3.05) is 7.11 Å². The molecule has 0 saturated carbocycles. The van der Waals surface area contributed by atoms with Crippen LogP contribution in [-0.2, 0) is 0 Å². The lowest BCUT2D eigenvalue weighted by Crippen LogP contribution is -1.84. The van der Waals surface area contributed by atoms with E-state index in [2.05, 4.69) is 6.07 Å². The minimum atomic E-state index is 0.133. The van der Waals surface area contributed by atoms with E-state index in [-0.39, 0.29) is 5.75 Å². The summed E-state index contributed by atoms with van der Waals surface area (Å²) in [6, 6.07) is 6.22. The lowest BCUT2D eigenvalue weighted by molar-refractivity contribution is 0.372. The van der Waals surface area contributed by atoms with Crippen LogP contribution in [0.4, 0.5) is 0 Å². The molecule has 2 nitrogen and oxygen atoms in total. The van der Waals surface area contributed by atoms with E-state index in [0.717, 1.165) is 5.56 Å². The Kier molecular flexibility index (Phi) is 1.81. The highest BCUT2D eigenvalue weighted by atomic mass is 16.5. The van der Waals surface area contributed by atoms with Crippen molar-refractivity contribution in [3.05, 3.63) is 23.8 Å². The molecule has 10 heavy (non-hydrogen) atoms. The van der Waals surface area contributed by atoms with E-state index in [1.165, 1.54) is 7.11 Å². The molecule has 2 heteroatoms. The zero-order valence-corrected chi connectivity index (χ0v) is 6.01. The molecule has 0 bridgehead atoms. The minimum Gasteiger partial charge on any atom is -0.504 e. The van der Waals surface area contributed by atoms with Crippen molar-refractivity contribution >= 4 is 0 Å². The van der Waals surface area contributed by atoms with Gasteiger partial charge in [-0.3, -0.25) is 0 Å². The molecule has 0 aliphatic heterocycles. The van der Waals surface area contributed by atoms with Crippen LogP contribution < -0.4 is 4.74 Å². The zero-order valence-electron chi connectivity index (χ0n) is 6.01. The van der Waals surface area contributed by atoms with Crippen molar-refractivity contribution in [1.82, 2.24) is 0 Å². The Morgan fingerprint density at radius 2 is 2.20 bits per heavy atom. The number of rotatable bonds is 1. The van der Waals surface area contributed by atoms with Crippen LogP contribution in [0.25, 0.3) is 0 Å². The fourth-order valence-electron chi connectivity index (χ4n) is 0.720. The van der Waals surface area contributed by atoms with E-state index >= 15 is 0 Å². The molecule has 0 saturated heterocycles. The predicted octanol–water partition coefficient (Wildman–Crippen LogP) is 1.51. The van der Waals surface area contributed by atoms with Gasteiger partial charge in [-0.1, -0.05) is 6.07 Å². The van der Waals surface area contributed by atoms with Crippen LogP contribution in [-0.4, -0.2) is 12.2 Å². The Bertz CT molecular complexity index is 231. The summed E-state index contributed by atoms with van der Waals surface area (Å²) in [6.45, 7) is 1.89. The fourth-order valence-corrected chi connectivity index (χ4v) is 0.720. The minimum absolute atomic E-state index is 0.133. The molecule has 0 aromatic heterocycles. The predicted molar refractivity (Wildman–Crippen MR) is 38.2 cm³/mol. The molecule has 0 heterocycles. The number of phenolic OH excluding ortho intramolecular Hbond substituents is 1. The summed E-state index contributed by atoms with van der Waals surface area (Å²) >= 11 is 0. The zero-order chi connectivity index (χ0) is 7.56. The van der Waals surface area contributed by atoms with Gasteiger partial charge in [0.15, 0.2) is 11.5 Å². The summed E-state index contributed by atoms with van der Waals surface area (Å²) in [6.07, 6.45) is 0. The molecule has 53 valence electrons. The van der Waals surface area contributed by atoms with E-state index in [9.17, 15) is 0 Å². The van der Waals surface area contributed by atoms with Crippen LogP contribution in [0.5, 0.6) is 11.5 Å². The Morgan fingerprint density at radius 3 is 2.70 bits per heavy atom. The van der Waals surface area contributed by atoms with Crippen LogP contribution in [0.15, 0.2) is 12.1 Å². The van der Waals surface area contributed by atoms with Crippen LogP contribution in [0.1, 0.15) is 5.56 Å². The molecule has 1 N–H and O–H groups in total. The number of ether oxygens (including phenoxy) is 1. The topological polar surface area (TPSA) is 29.5 Å². The lowest BCUT2D eigenvalue weighted by atomic mass is 10.2. The van der Waals surface area contributed by atoms with Crippen molar-refractivity contribution < 1.29 is 9.84 Å². The van der Waals surface area contributed by atoms with E-state index < -0.39 is 0 Å². The molecule has 0 fully saturated rings. The number of phenols is 1. The number of hydrogen-bond acceptors (Lipinski definition) is 2. The first kappa shape index (κ1) is 6.93. The molecule has 1 aromatic carbocycles. The monoisotopic (exact) mass is 137 g/mol. The summed E-state index contributed by atoms with van der Waals surface area (Å²) < 4.78 is 4.82. The van der Waals surface area contributed by atoms with Crippen LogP contribution in [0.2, 0.25) is 0 Å². The summed E-state index contributed by atoms with van der Waals surface area (Å²) in [5.41, 5.74) is 0.953. The summed E-state index contributed by atoms with van der Waals surface area (Å²) in [7, 11) is 1.50. The van der Waals surface area contributed by atoms with Gasteiger partial charge in [-0.2, -0.15) is 0 Å². The second-order valence-corrected chi connectivity index (χ2v) is 2.06.